The van der Waals surface area contributed by atoms with E-state index in [9.17, 15) is 10.1 Å². The molecular weight excluding hydrogens is 476 g/mol. The van der Waals surface area contributed by atoms with E-state index in [0.29, 0.717) is 21.5 Å². The van der Waals surface area contributed by atoms with Crippen LogP contribution in [0.1, 0.15) is 21.6 Å². The van der Waals surface area contributed by atoms with Crippen LogP contribution < -0.4 is 5.32 Å². The lowest BCUT2D eigenvalue weighted by Crippen LogP contribution is -2.13. The summed E-state index contributed by atoms with van der Waals surface area (Å²) in [5, 5.41) is 22.1. The van der Waals surface area contributed by atoms with Crippen molar-refractivity contribution in [3.63, 3.8) is 0 Å². The number of thioether (sulfide) groups is 1. The SMILES string of the molecule is Cc1ccc(-c2c(C)sc(NC(=O)CSc3nnc(-c4ccc(Cl)cc4)o3)c2C#N)cc1C. The molecule has 1 N–H and O–H groups in total. The number of amides is 1. The molecule has 2 aromatic heterocycles. The van der Waals surface area contributed by atoms with Gasteiger partial charge in [0.15, 0.2) is 0 Å². The highest BCUT2D eigenvalue weighted by molar-refractivity contribution is 7.99. The number of carbonyl (C=O) groups is 1. The Morgan fingerprint density at radius 3 is 2.55 bits per heavy atom. The van der Waals surface area contributed by atoms with Gasteiger partial charge in [-0.15, -0.1) is 21.5 Å². The molecule has 0 spiro atoms. The quantitative estimate of drug-likeness (QED) is 0.302. The predicted molar refractivity (Wildman–Crippen MR) is 133 cm³/mol. The highest BCUT2D eigenvalue weighted by atomic mass is 35.5. The molecule has 0 aliphatic rings. The minimum atomic E-state index is -0.254. The highest BCUT2D eigenvalue weighted by Crippen LogP contribution is 2.40. The molecular formula is C24H19ClN4O2S2. The fraction of sp³-hybridized carbons (Fsp3) is 0.167. The molecule has 6 nitrogen and oxygen atoms in total. The Bertz CT molecular complexity index is 1370. The second-order valence-corrected chi connectivity index (χ2v) is 9.95. The molecule has 0 radical (unpaired) electrons. The van der Waals surface area contributed by atoms with Gasteiger partial charge in [-0.1, -0.05) is 41.6 Å². The van der Waals surface area contributed by atoms with Crippen LogP contribution in [-0.4, -0.2) is 21.9 Å². The van der Waals surface area contributed by atoms with E-state index in [0.717, 1.165) is 38.9 Å². The molecule has 0 fully saturated rings. The maximum atomic E-state index is 12.6. The van der Waals surface area contributed by atoms with E-state index in [4.69, 9.17) is 16.0 Å². The van der Waals surface area contributed by atoms with Crippen molar-refractivity contribution < 1.29 is 9.21 Å². The summed E-state index contributed by atoms with van der Waals surface area (Å²) >= 11 is 8.43. The van der Waals surface area contributed by atoms with Crippen LogP contribution in [0.25, 0.3) is 22.6 Å². The van der Waals surface area contributed by atoms with E-state index < -0.39 is 0 Å². The fourth-order valence-corrected chi connectivity index (χ4v) is 4.98. The molecule has 166 valence electrons. The number of rotatable bonds is 6. The number of aryl methyl sites for hydroxylation is 3. The summed E-state index contributed by atoms with van der Waals surface area (Å²) in [6, 6.07) is 15.4. The number of benzene rings is 2. The molecule has 4 rings (SSSR count). The number of anilines is 1. The average Bonchev–Trinajstić information content (AvgIpc) is 3.39. The topological polar surface area (TPSA) is 91.8 Å². The summed E-state index contributed by atoms with van der Waals surface area (Å²) in [5.74, 6) is 0.173. The van der Waals surface area contributed by atoms with Crippen molar-refractivity contribution in [3.8, 4) is 28.7 Å². The normalized spacial score (nSPS) is 10.8. The highest BCUT2D eigenvalue weighted by Gasteiger charge is 2.20. The molecule has 0 atom stereocenters. The lowest BCUT2D eigenvalue weighted by molar-refractivity contribution is -0.113. The Balaban J connectivity index is 1.45. The van der Waals surface area contributed by atoms with E-state index in [1.807, 2.05) is 26.0 Å². The first-order valence-electron chi connectivity index (χ1n) is 9.99. The molecule has 0 unspecified atom stereocenters. The molecule has 0 aliphatic carbocycles. The van der Waals surface area contributed by atoms with Crippen LogP contribution in [0.4, 0.5) is 5.00 Å². The smallest absolute Gasteiger partial charge is 0.277 e. The van der Waals surface area contributed by atoms with E-state index >= 15 is 0 Å². The van der Waals surface area contributed by atoms with E-state index in [-0.39, 0.29) is 16.9 Å². The van der Waals surface area contributed by atoms with Gasteiger partial charge in [0.05, 0.1) is 11.3 Å². The first-order valence-corrected chi connectivity index (χ1v) is 12.2. The van der Waals surface area contributed by atoms with Crippen molar-refractivity contribution in [3.05, 3.63) is 69.1 Å². The van der Waals surface area contributed by atoms with Crippen LogP contribution >= 0.6 is 34.7 Å². The van der Waals surface area contributed by atoms with Crippen LogP contribution in [0.15, 0.2) is 52.1 Å². The van der Waals surface area contributed by atoms with Gasteiger partial charge in [-0.05, 0) is 61.7 Å². The summed E-state index contributed by atoms with van der Waals surface area (Å²) in [6.07, 6.45) is 0. The Morgan fingerprint density at radius 1 is 1.12 bits per heavy atom. The molecule has 0 saturated heterocycles. The maximum absolute atomic E-state index is 12.6. The van der Waals surface area contributed by atoms with Crippen molar-refractivity contribution in [2.24, 2.45) is 0 Å². The van der Waals surface area contributed by atoms with Crippen LogP contribution in [0.2, 0.25) is 5.02 Å². The number of nitrogens with one attached hydrogen (secondary N) is 1. The summed E-state index contributed by atoms with van der Waals surface area (Å²) in [6.45, 7) is 6.05. The van der Waals surface area contributed by atoms with Gasteiger partial charge < -0.3 is 9.73 Å². The standard InChI is InChI=1S/C24H19ClN4O2S2/c1-13-4-5-17(10-14(13)2)21-15(3)33-23(19(21)11-26)27-20(30)12-32-24-29-28-22(31-24)16-6-8-18(25)9-7-16/h4-10H,12H2,1-3H3,(H,27,30). The van der Waals surface area contributed by atoms with E-state index in [2.05, 4.69) is 34.6 Å². The van der Waals surface area contributed by atoms with E-state index in [1.54, 1.807) is 24.3 Å². The van der Waals surface area contributed by atoms with Gasteiger partial charge >= 0.3 is 0 Å². The number of halogens is 1. The Morgan fingerprint density at radius 2 is 1.85 bits per heavy atom. The van der Waals surface area contributed by atoms with Gasteiger partial charge in [-0.2, -0.15) is 5.26 Å². The second-order valence-electron chi connectivity index (χ2n) is 7.37. The summed E-state index contributed by atoms with van der Waals surface area (Å²) in [5.41, 5.74) is 5.39. The number of nitriles is 1. The monoisotopic (exact) mass is 494 g/mol. The van der Waals surface area contributed by atoms with Crippen molar-refractivity contribution in [1.82, 2.24) is 10.2 Å². The summed E-state index contributed by atoms with van der Waals surface area (Å²) in [4.78, 5) is 13.6. The van der Waals surface area contributed by atoms with Crippen LogP contribution in [-0.2, 0) is 4.79 Å². The Hall–Kier alpha value is -3.12. The third-order valence-electron chi connectivity index (χ3n) is 5.07. The van der Waals surface area contributed by atoms with Gasteiger partial charge in [0.25, 0.3) is 5.22 Å². The summed E-state index contributed by atoms with van der Waals surface area (Å²) in [7, 11) is 0. The zero-order chi connectivity index (χ0) is 23.5. The Labute approximate surface area is 204 Å². The van der Waals surface area contributed by atoms with Crippen molar-refractivity contribution in [2.45, 2.75) is 26.0 Å². The fourth-order valence-electron chi connectivity index (χ4n) is 3.25. The zero-order valence-corrected chi connectivity index (χ0v) is 20.5. The largest absolute Gasteiger partial charge is 0.411 e. The molecule has 4 aromatic rings. The van der Waals surface area contributed by atoms with Crippen LogP contribution in [0.5, 0.6) is 0 Å². The lowest BCUT2D eigenvalue weighted by Gasteiger charge is -2.06. The number of aromatic nitrogens is 2. The van der Waals surface area contributed by atoms with Gasteiger partial charge in [0, 0.05) is 21.0 Å². The number of thiophene rings is 1. The van der Waals surface area contributed by atoms with E-state index in [1.165, 1.54) is 16.9 Å². The molecule has 0 bridgehead atoms. The minimum Gasteiger partial charge on any atom is -0.411 e. The average molecular weight is 495 g/mol. The van der Waals surface area contributed by atoms with Crippen LogP contribution in [0, 0.1) is 32.1 Å². The molecule has 2 heterocycles. The lowest BCUT2D eigenvalue weighted by atomic mass is 9.98. The van der Waals surface area contributed by atoms with Crippen molar-refractivity contribution in [2.75, 3.05) is 11.1 Å². The van der Waals surface area contributed by atoms with Gasteiger partial charge in [0.2, 0.25) is 11.8 Å². The molecule has 33 heavy (non-hydrogen) atoms. The number of hydrogen-bond donors (Lipinski definition) is 1. The second kappa shape index (κ2) is 9.79. The molecule has 9 heteroatoms. The maximum Gasteiger partial charge on any atom is 0.277 e. The first-order chi connectivity index (χ1) is 15.9. The zero-order valence-electron chi connectivity index (χ0n) is 18.1. The van der Waals surface area contributed by atoms with Crippen molar-refractivity contribution >= 4 is 45.6 Å². The number of hydrogen-bond acceptors (Lipinski definition) is 7. The van der Waals surface area contributed by atoms with Crippen molar-refractivity contribution in [1.29, 1.82) is 5.26 Å². The first kappa shape index (κ1) is 23.1. The van der Waals surface area contributed by atoms with Gasteiger partial charge in [-0.25, -0.2) is 0 Å². The van der Waals surface area contributed by atoms with Gasteiger partial charge in [0.1, 0.15) is 11.1 Å². The van der Waals surface area contributed by atoms with Gasteiger partial charge in [-0.3, -0.25) is 4.79 Å². The third-order valence-corrected chi connectivity index (χ3v) is 7.16. The molecule has 2 aromatic carbocycles. The third kappa shape index (κ3) is 5.11. The Kier molecular flexibility index (Phi) is 6.84. The predicted octanol–water partition coefficient (Wildman–Crippen LogP) is 6.65. The minimum absolute atomic E-state index is 0.0725. The number of carbonyl (C=O) groups excluding carboxylic acids is 1. The van der Waals surface area contributed by atoms with Crippen LogP contribution in [0.3, 0.4) is 0 Å². The summed E-state index contributed by atoms with van der Waals surface area (Å²) < 4.78 is 5.62. The molecule has 0 saturated carbocycles. The number of nitrogens with zero attached hydrogens (tertiary/aromatic N) is 3. The molecule has 1 amide bonds. The molecule has 0 aliphatic heterocycles.